The predicted molar refractivity (Wildman–Crippen MR) is 289 cm³/mol. The van der Waals surface area contributed by atoms with Gasteiger partial charge in [-0.15, -0.1) is 0 Å². The number of halogens is 8. The molecule has 0 saturated carbocycles. The van der Waals surface area contributed by atoms with Gasteiger partial charge < -0.3 is 43.4 Å². The van der Waals surface area contributed by atoms with Gasteiger partial charge in [-0.2, -0.15) is 0 Å². The lowest BCUT2D eigenvalue weighted by atomic mass is 9.77. The molecule has 0 aromatic heterocycles. The van der Waals surface area contributed by atoms with Gasteiger partial charge in [-0.1, -0.05) is 137 Å². The van der Waals surface area contributed by atoms with Crippen LogP contribution in [-0.4, -0.2) is 28.1 Å². The smallest absolute Gasteiger partial charge is 0.340 e. The lowest BCUT2D eigenvalue weighted by molar-refractivity contribution is -0.131. The van der Waals surface area contributed by atoms with Crippen molar-refractivity contribution in [1.82, 2.24) is 0 Å². The van der Waals surface area contributed by atoms with Crippen LogP contribution in [0.2, 0.25) is 40.2 Å². The Labute approximate surface area is 472 Å². The summed E-state index contributed by atoms with van der Waals surface area (Å²) in [6, 6.07) is 32.5. The lowest BCUT2D eigenvalue weighted by Crippen LogP contribution is -2.33. The molecule has 12 rings (SSSR count). The number of hydrogen-bond donors (Lipinski definition) is 2. The van der Waals surface area contributed by atoms with E-state index in [1.807, 2.05) is 19.1 Å². The minimum atomic E-state index is -1.43. The number of benzene rings is 8. The third-order valence-electron chi connectivity index (χ3n) is 12.5. The molecule has 0 radical (unpaired) electrons. The summed E-state index contributed by atoms with van der Waals surface area (Å²) < 4.78 is 41.6. The van der Waals surface area contributed by atoms with Gasteiger partial charge >= 0.3 is 17.9 Å². The van der Waals surface area contributed by atoms with Crippen LogP contribution < -0.4 is 23.7 Å². The van der Waals surface area contributed by atoms with Crippen LogP contribution in [-0.2, 0) is 25.5 Å². The molecule has 4 aliphatic rings. The number of phenols is 2. The maximum Gasteiger partial charge on any atom is 0.340 e. The molecule has 0 bridgehead atoms. The fourth-order valence-corrected chi connectivity index (χ4v) is 11.1. The van der Waals surface area contributed by atoms with Gasteiger partial charge in [0.2, 0.25) is 0 Å². The Morgan fingerprint density at radius 2 is 0.882 bits per heavy atom. The number of fused-ring (bicyclic) bond motifs is 12. The van der Waals surface area contributed by atoms with E-state index in [0.717, 1.165) is 5.56 Å². The predicted octanol–water partition coefficient (Wildman–Crippen LogP) is 17.6. The van der Waals surface area contributed by atoms with Crippen molar-refractivity contribution in [2.45, 2.75) is 32.5 Å². The number of aryl methyl sites for hydroxylation is 1. The van der Waals surface area contributed by atoms with Crippen molar-refractivity contribution in [2.75, 3.05) is 0 Å². The van der Waals surface area contributed by atoms with E-state index < -0.39 is 29.1 Å². The molecule has 4 heterocycles. The second kappa shape index (κ2) is 19.7. The third kappa shape index (κ3) is 8.61. The van der Waals surface area contributed by atoms with Crippen molar-refractivity contribution >= 4 is 111 Å². The highest BCUT2D eigenvalue weighted by Crippen LogP contribution is 2.61. The van der Waals surface area contributed by atoms with Crippen LogP contribution in [0.25, 0.3) is 0 Å². The van der Waals surface area contributed by atoms with Crippen molar-refractivity contribution in [3.05, 3.63) is 212 Å². The second-order valence-electron chi connectivity index (χ2n) is 17.1. The number of hydrogen-bond acceptors (Lipinski definition) is 12. The van der Waals surface area contributed by atoms with Gasteiger partial charge in [0.1, 0.15) is 51.7 Å². The summed E-state index contributed by atoms with van der Waals surface area (Å²) >= 11 is 50.7. The molecule has 4 aliphatic heterocycles. The Morgan fingerprint density at radius 1 is 0.487 bits per heavy atom. The van der Waals surface area contributed by atoms with Crippen LogP contribution in [0.5, 0.6) is 63.2 Å². The quantitative estimate of drug-likeness (QED) is 0.124. The summed E-state index contributed by atoms with van der Waals surface area (Å²) in [5, 5.41) is 21.2. The van der Waals surface area contributed by atoms with Gasteiger partial charge in [0.25, 0.3) is 0 Å². The Morgan fingerprint density at radius 3 is 1.34 bits per heavy atom. The molecule has 0 saturated heterocycles. The minimum Gasteiger partial charge on any atom is -0.506 e. The Hall–Kier alpha value is -6.71. The molecule has 2 N–H and O–H groups in total. The molecule has 0 aliphatic carbocycles. The molecular formula is C56H32Cl8O12. The van der Waals surface area contributed by atoms with Crippen molar-refractivity contribution in [2.24, 2.45) is 0 Å². The van der Waals surface area contributed by atoms with E-state index in [-0.39, 0.29) is 94.3 Å². The summed E-state index contributed by atoms with van der Waals surface area (Å²) in [6.45, 7) is 3.09. The van der Waals surface area contributed by atoms with E-state index in [0.29, 0.717) is 61.0 Å². The maximum absolute atomic E-state index is 13.1. The average Bonchev–Trinajstić information content (AvgIpc) is 3.83. The fraction of sp³-hybridized carbons (Fsp3) is 0.0893. The van der Waals surface area contributed by atoms with Gasteiger partial charge in [-0.3, -0.25) is 4.79 Å². The van der Waals surface area contributed by atoms with Crippen LogP contribution in [0.4, 0.5) is 0 Å². The SMILES string of the molecule is C.CC(=O)Oc1c(Cl)cc(Oc2cc3c(cc2Cl)C2(OC(=O)c4ccccc42)c2cc(Cl)c(C)cc2O3)cc1Cl.O=C1OC2(c3cc(Cl)c(O)cc3Oc3cc(Oc4cc(Cl)c(O)c(Cl)c4)c(Cl)cc32)c2ccccc21. The normalized spacial score (nSPS) is 16.7. The summed E-state index contributed by atoms with van der Waals surface area (Å²) in [7, 11) is 0. The van der Waals surface area contributed by atoms with Crippen LogP contribution in [0.15, 0.2) is 121 Å². The first kappa shape index (κ1) is 52.7. The number of ether oxygens (including phenoxy) is 7. The highest BCUT2D eigenvalue weighted by Gasteiger charge is 2.55. The van der Waals surface area contributed by atoms with Gasteiger partial charge in [0.15, 0.2) is 22.7 Å². The van der Waals surface area contributed by atoms with Gasteiger partial charge in [-0.05, 0) is 55.0 Å². The number of aromatic hydroxyl groups is 2. The van der Waals surface area contributed by atoms with E-state index in [1.165, 1.54) is 49.4 Å². The fourth-order valence-electron chi connectivity index (χ4n) is 9.32. The molecule has 384 valence electrons. The van der Waals surface area contributed by atoms with Gasteiger partial charge in [-0.25, -0.2) is 9.59 Å². The largest absolute Gasteiger partial charge is 0.506 e. The lowest BCUT2D eigenvalue weighted by Gasteiger charge is -2.37. The van der Waals surface area contributed by atoms with Gasteiger partial charge in [0.05, 0.1) is 46.3 Å². The summed E-state index contributed by atoms with van der Waals surface area (Å²) in [6.07, 6.45) is 0. The Balaban J connectivity index is 0.000000171. The van der Waals surface area contributed by atoms with E-state index in [4.69, 9.17) is 126 Å². The molecule has 12 nitrogen and oxygen atoms in total. The monoisotopic (exact) mass is 1180 g/mol. The summed E-state index contributed by atoms with van der Waals surface area (Å²) in [5.41, 5.74) is 2.00. The first-order chi connectivity index (χ1) is 35.8. The van der Waals surface area contributed by atoms with E-state index in [9.17, 15) is 24.6 Å². The highest BCUT2D eigenvalue weighted by atomic mass is 35.5. The molecule has 2 unspecified atom stereocenters. The van der Waals surface area contributed by atoms with Crippen molar-refractivity contribution < 1.29 is 57.8 Å². The second-order valence-corrected chi connectivity index (χ2v) is 20.4. The first-order valence-corrected chi connectivity index (χ1v) is 25.0. The van der Waals surface area contributed by atoms with Crippen LogP contribution in [0.1, 0.15) is 74.0 Å². The van der Waals surface area contributed by atoms with Crippen molar-refractivity contribution in [3.8, 4) is 63.2 Å². The van der Waals surface area contributed by atoms with Crippen molar-refractivity contribution in [3.63, 3.8) is 0 Å². The number of carbonyl (C=O) groups is 3. The zero-order valence-corrected chi connectivity index (χ0v) is 44.1. The number of rotatable bonds is 5. The highest BCUT2D eigenvalue weighted by molar-refractivity contribution is 6.38. The third-order valence-corrected chi connectivity index (χ3v) is 15.0. The van der Waals surface area contributed by atoms with E-state index >= 15 is 0 Å². The summed E-state index contributed by atoms with van der Waals surface area (Å²) in [5.74, 6) is 0.180. The molecule has 8 aromatic rings. The molecule has 0 amide bonds. The molecule has 2 atom stereocenters. The van der Waals surface area contributed by atoms with E-state index in [2.05, 4.69) is 0 Å². The Bertz CT molecular complexity index is 3800. The van der Waals surface area contributed by atoms with E-state index in [1.54, 1.807) is 66.7 Å². The van der Waals surface area contributed by atoms with Crippen molar-refractivity contribution in [1.29, 1.82) is 0 Å². The number of esters is 3. The average molecular weight is 1180 g/mol. The maximum atomic E-state index is 13.1. The van der Waals surface area contributed by atoms with Crippen LogP contribution in [0, 0.1) is 6.92 Å². The first-order valence-electron chi connectivity index (χ1n) is 22.0. The minimum absolute atomic E-state index is 0. The topological polar surface area (TPSA) is 156 Å². The molecular weight excluding hydrogens is 1150 g/mol. The molecule has 8 aromatic carbocycles. The number of carbonyl (C=O) groups excluding carboxylic acids is 3. The zero-order chi connectivity index (χ0) is 53.0. The van der Waals surface area contributed by atoms with Crippen LogP contribution in [0.3, 0.4) is 0 Å². The molecule has 2 spiro atoms. The molecule has 20 heteroatoms. The summed E-state index contributed by atoms with van der Waals surface area (Å²) in [4.78, 5) is 37.4. The van der Waals surface area contributed by atoms with Gasteiger partial charge in [0, 0.05) is 87.8 Å². The number of phenolic OH excluding ortho intramolecular Hbond substituents is 2. The molecule has 0 fully saturated rings. The standard InChI is InChI=1S/C29H16Cl4O6.C26H12Cl4O6.CH4/c1-13-7-24-18(10-20(13)30)29(17-6-4-3-5-16(17)28(35)39-29)19-11-21(31)26(12-25(19)38-24)37-15-8-22(32)27(23(33)9-15)36-14(2)34;27-16-7-14-21(9-20(16)31)35-22-10-23(34-11-5-18(29)24(32)19(30)6-11)17(28)8-15(22)26(14)13-4-2-1-3-12(13)25(33)36-26;/h3-12H,1-2H3;1-10,31-32H;1H4. The Kier molecular flexibility index (Phi) is 13.7. The zero-order valence-electron chi connectivity index (χ0n) is 38.0. The molecule has 76 heavy (non-hydrogen) atoms. The van der Waals surface area contributed by atoms with Crippen LogP contribution >= 0.6 is 92.8 Å².